The maximum atomic E-state index is 11.3. The third-order valence-corrected chi connectivity index (χ3v) is 4.57. The zero-order valence-corrected chi connectivity index (χ0v) is 22.1. The van der Waals surface area contributed by atoms with Gasteiger partial charge in [-0.05, 0) is 47.2 Å². The third kappa shape index (κ3) is 8.14. The van der Waals surface area contributed by atoms with E-state index in [2.05, 4.69) is 83.0 Å². The van der Waals surface area contributed by atoms with Crippen LogP contribution in [0, 0.1) is 13.0 Å². The van der Waals surface area contributed by atoms with Gasteiger partial charge in [0.2, 0.25) is 5.91 Å². The number of amides is 1. The van der Waals surface area contributed by atoms with Crippen LogP contribution in [0.4, 0.5) is 5.69 Å². The van der Waals surface area contributed by atoms with Crippen molar-refractivity contribution < 1.29 is 60.9 Å². The second-order valence-corrected chi connectivity index (χ2v) is 9.06. The van der Waals surface area contributed by atoms with Crippen molar-refractivity contribution in [2.75, 3.05) is 11.9 Å². The second kappa shape index (κ2) is 11.1. The molecule has 152 valence electrons. The minimum Gasteiger partial charge on any atom is -0.550 e. The number of benzene rings is 1. The first-order valence-electron chi connectivity index (χ1n) is 9.74. The predicted octanol–water partition coefficient (Wildman–Crippen LogP) is 2.26. The molecule has 0 fully saturated rings. The van der Waals surface area contributed by atoms with Crippen molar-refractivity contribution in [3.05, 3.63) is 60.3 Å². The summed E-state index contributed by atoms with van der Waals surface area (Å²) in [5.41, 5.74) is 4.74. The van der Waals surface area contributed by atoms with Gasteiger partial charge in [-0.1, -0.05) is 59.4 Å². The largest absolute Gasteiger partial charge is 1.00 e. The Kier molecular flexibility index (Phi) is 10.0. The Morgan fingerprint density at radius 3 is 2.34 bits per heavy atom. The number of nitrogens with one attached hydrogen (secondary N) is 1. The van der Waals surface area contributed by atoms with Gasteiger partial charge in [-0.2, -0.15) is 6.07 Å². The number of anilines is 1. The van der Waals surface area contributed by atoms with E-state index >= 15 is 0 Å². The van der Waals surface area contributed by atoms with E-state index in [-0.39, 0.29) is 68.1 Å². The topological polar surface area (TPSA) is 51.2 Å². The number of fused-ring (bicyclic) bond motifs is 1. The first kappa shape index (κ1) is 26.3. The summed E-state index contributed by atoms with van der Waals surface area (Å²) in [5, 5.41) is 2.93. The average Bonchev–Trinajstić information content (AvgIpc) is 2.61. The first-order chi connectivity index (χ1) is 13.0. The van der Waals surface area contributed by atoms with Gasteiger partial charge in [-0.3, -0.25) is 4.79 Å². The molecular weight excluding hydrogens is 387 g/mol. The molecule has 0 saturated carbocycles. The van der Waals surface area contributed by atoms with Crippen molar-refractivity contribution in [3.8, 4) is 5.75 Å². The van der Waals surface area contributed by atoms with Crippen molar-refractivity contribution in [1.82, 2.24) is 4.98 Å². The molecule has 0 radical (unpaired) electrons. The fourth-order valence-corrected chi connectivity index (χ4v) is 2.78. The van der Waals surface area contributed by atoms with Crippen molar-refractivity contribution in [2.24, 2.45) is 0 Å². The third-order valence-electron chi connectivity index (χ3n) is 4.57. The van der Waals surface area contributed by atoms with Crippen LogP contribution >= 0.6 is 0 Å². The summed E-state index contributed by atoms with van der Waals surface area (Å²) in [6.07, 6.45) is 3.17. The summed E-state index contributed by atoms with van der Waals surface area (Å²) in [5.74, 6) is 0.788. The van der Waals surface area contributed by atoms with Crippen LogP contribution in [0.2, 0.25) is 0 Å². The number of ether oxygens (including phenoxy) is 1. The van der Waals surface area contributed by atoms with Crippen molar-refractivity contribution in [3.63, 3.8) is 0 Å². The van der Waals surface area contributed by atoms with Gasteiger partial charge < -0.3 is 22.0 Å². The number of pyridine rings is 1. The average molecular weight is 420 g/mol. The van der Waals surface area contributed by atoms with E-state index in [4.69, 9.17) is 4.74 Å². The van der Waals surface area contributed by atoms with Crippen LogP contribution in [0.1, 0.15) is 64.8 Å². The van der Waals surface area contributed by atoms with E-state index in [1.54, 1.807) is 6.20 Å². The number of carbonyl (C=O) groups is 1. The van der Waals surface area contributed by atoms with E-state index in [1.807, 2.05) is 6.07 Å². The zero-order chi connectivity index (χ0) is 20.9. The van der Waals surface area contributed by atoms with E-state index in [1.165, 1.54) is 11.1 Å². The van der Waals surface area contributed by atoms with Crippen LogP contribution < -0.4 is 61.4 Å². The molecule has 1 aliphatic heterocycles. The predicted molar refractivity (Wildman–Crippen MR) is 115 cm³/mol. The van der Waals surface area contributed by atoms with E-state index in [9.17, 15) is 4.79 Å². The Bertz CT molecular complexity index is 803. The van der Waals surface area contributed by atoms with Crippen molar-refractivity contribution in [2.45, 2.75) is 65.2 Å². The molecule has 4 nitrogen and oxygen atoms in total. The SMILES string of the molecule is CC(C)(C)c1ccc2c(c1)NC(=O)CC2.[CH2-]COc1[c-]cc(C(C)(C)C)nc1.[K+]. The van der Waals surface area contributed by atoms with E-state index < -0.39 is 0 Å². The number of aryl methyl sites for hydroxylation is 1. The minimum absolute atomic E-state index is 0. The molecule has 3 rings (SSSR count). The molecule has 1 N–H and O–H groups in total. The first-order valence-corrected chi connectivity index (χ1v) is 9.74. The molecule has 0 aliphatic carbocycles. The van der Waals surface area contributed by atoms with Crippen molar-refractivity contribution in [1.29, 1.82) is 0 Å². The Labute approximate surface area is 218 Å². The zero-order valence-electron chi connectivity index (χ0n) is 19.0. The molecule has 0 bridgehead atoms. The van der Waals surface area contributed by atoms with Gasteiger partial charge >= 0.3 is 51.4 Å². The molecule has 1 aliphatic rings. The summed E-state index contributed by atoms with van der Waals surface area (Å²) in [6, 6.07) is 11.3. The number of aromatic nitrogens is 1. The molecule has 0 saturated heterocycles. The maximum Gasteiger partial charge on any atom is 1.00 e. The minimum atomic E-state index is 0. The van der Waals surface area contributed by atoms with E-state index in [0.29, 0.717) is 18.8 Å². The molecule has 0 atom stereocenters. The normalized spacial score (nSPS) is 13.3. The van der Waals surface area contributed by atoms with Gasteiger partial charge in [0, 0.05) is 17.9 Å². The second-order valence-electron chi connectivity index (χ2n) is 9.06. The summed E-state index contributed by atoms with van der Waals surface area (Å²) in [7, 11) is 0. The van der Waals surface area contributed by atoms with Gasteiger partial charge in [-0.25, -0.2) is 0 Å². The molecule has 1 aromatic heterocycles. The number of hydrogen-bond donors (Lipinski definition) is 1. The van der Waals surface area contributed by atoms with Crippen molar-refractivity contribution >= 4 is 11.6 Å². The molecule has 0 spiro atoms. The standard InChI is InChI=1S/C13H17NO.C11H15NO.K/c1-13(2,3)10-6-4-9-5-7-12(15)14-11(9)8-10;1-5-13-9-6-7-10(12-8-9)11(2,3)4;/h4,6,8H,5,7H2,1-3H3,(H,14,15);7-8H,1,5H2,2-4H3;/q;-2;+1. The molecule has 0 unspecified atom stereocenters. The van der Waals surface area contributed by atoms with Crippen LogP contribution in [0.5, 0.6) is 5.75 Å². The maximum absolute atomic E-state index is 11.3. The Balaban J connectivity index is 0.000000284. The van der Waals surface area contributed by atoms with Crippen LogP contribution in [0.25, 0.3) is 0 Å². The molecule has 29 heavy (non-hydrogen) atoms. The number of nitrogens with zero attached hydrogens (tertiary/aromatic N) is 1. The van der Waals surface area contributed by atoms with E-state index in [0.717, 1.165) is 17.8 Å². The molecular formula is C24H32KN2O2-. The Morgan fingerprint density at radius 2 is 1.83 bits per heavy atom. The summed E-state index contributed by atoms with van der Waals surface area (Å²) in [6.45, 7) is 16.9. The van der Waals surface area contributed by atoms with Crippen LogP contribution in [0.15, 0.2) is 30.5 Å². The summed E-state index contributed by atoms with van der Waals surface area (Å²) < 4.78 is 5.14. The number of carbonyl (C=O) groups excluding carboxylic acids is 1. The smallest absolute Gasteiger partial charge is 0.550 e. The summed E-state index contributed by atoms with van der Waals surface area (Å²) >= 11 is 0. The molecule has 2 heterocycles. The molecule has 2 aromatic rings. The van der Waals surface area contributed by atoms with Crippen LogP contribution in [-0.4, -0.2) is 17.5 Å². The number of rotatable bonds is 2. The van der Waals surface area contributed by atoms with Gasteiger partial charge in [0.1, 0.15) is 0 Å². The summed E-state index contributed by atoms with van der Waals surface area (Å²) in [4.78, 5) is 15.6. The van der Waals surface area contributed by atoms with Crippen LogP contribution in [0.3, 0.4) is 0 Å². The van der Waals surface area contributed by atoms with Gasteiger partial charge in [0.15, 0.2) is 0 Å². The Morgan fingerprint density at radius 1 is 1.14 bits per heavy atom. The molecule has 1 amide bonds. The van der Waals surface area contributed by atoms with Gasteiger partial charge in [-0.15, -0.1) is 6.07 Å². The fourth-order valence-electron chi connectivity index (χ4n) is 2.78. The molecule has 5 heteroatoms. The monoisotopic (exact) mass is 419 g/mol. The van der Waals surface area contributed by atoms with Gasteiger partial charge in [0.05, 0.1) is 0 Å². The number of hydrogen-bond acceptors (Lipinski definition) is 3. The molecule has 1 aromatic carbocycles. The van der Waals surface area contributed by atoms with Gasteiger partial charge in [0.25, 0.3) is 0 Å². The van der Waals surface area contributed by atoms with Crippen LogP contribution in [-0.2, 0) is 22.0 Å². The fraction of sp³-hybridized carbons (Fsp3) is 0.458. The Hall–Kier alpha value is -0.724. The quantitative estimate of drug-likeness (QED) is 0.600.